The number of rotatable bonds is 8. The fourth-order valence-electron chi connectivity index (χ4n) is 4.88. The molecule has 0 spiro atoms. The van der Waals surface area contributed by atoms with Crippen LogP contribution in [0.4, 0.5) is 0 Å². The molecule has 3 heterocycles. The van der Waals surface area contributed by atoms with Crippen molar-refractivity contribution < 1.29 is 14.6 Å². The summed E-state index contributed by atoms with van der Waals surface area (Å²) in [7, 11) is 3.50. The summed E-state index contributed by atoms with van der Waals surface area (Å²) in [5.41, 5.74) is 3.35. The van der Waals surface area contributed by atoms with Gasteiger partial charge in [-0.05, 0) is 74.1 Å². The first-order valence-electron chi connectivity index (χ1n) is 12.1. The SMILES string of the molecule is CNC(N(C)O)=[N+](Cc1ccsc1)C1CCN(C(C)CCNC(=O)c2c(C)cc(Cl)nc2C)CC1. The number of pyridine rings is 1. The first kappa shape index (κ1) is 27.4. The molecule has 0 aliphatic carbocycles. The number of piperidine rings is 1. The number of hydrogen-bond acceptors (Lipinski definition) is 5. The highest BCUT2D eigenvalue weighted by atomic mass is 35.5. The van der Waals surface area contributed by atoms with Gasteiger partial charge in [-0.3, -0.25) is 14.7 Å². The Hall–Kier alpha value is -2.20. The molecule has 1 saturated heterocycles. The average Bonchev–Trinajstić information content (AvgIpc) is 3.31. The van der Waals surface area contributed by atoms with Crippen molar-refractivity contribution in [2.24, 2.45) is 0 Å². The largest absolute Gasteiger partial charge is 0.376 e. The zero-order valence-corrected chi connectivity index (χ0v) is 22.9. The van der Waals surface area contributed by atoms with Crippen molar-refractivity contribution in [2.75, 3.05) is 33.7 Å². The van der Waals surface area contributed by atoms with Crippen LogP contribution in [0.25, 0.3) is 0 Å². The van der Waals surface area contributed by atoms with Gasteiger partial charge in [-0.25, -0.2) is 10.2 Å². The second-order valence-corrected chi connectivity index (χ2v) is 10.4. The summed E-state index contributed by atoms with van der Waals surface area (Å²) in [6.45, 7) is 9.25. The van der Waals surface area contributed by atoms with E-state index in [9.17, 15) is 10.0 Å². The van der Waals surface area contributed by atoms with Crippen LogP contribution in [0.1, 0.15) is 53.4 Å². The number of nitrogens with one attached hydrogen (secondary N) is 2. The van der Waals surface area contributed by atoms with Crippen LogP contribution in [-0.2, 0) is 6.54 Å². The number of thiophene rings is 1. The average molecular weight is 522 g/mol. The molecular formula is C25H38ClN6O2S+. The number of amides is 1. The van der Waals surface area contributed by atoms with Gasteiger partial charge >= 0.3 is 5.96 Å². The lowest BCUT2D eigenvalue weighted by Gasteiger charge is -2.37. The van der Waals surface area contributed by atoms with E-state index < -0.39 is 0 Å². The van der Waals surface area contributed by atoms with Crippen molar-refractivity contribution in [2.45, 2.75) is 58.7 Å². The molecular weight excluding hydrogens is 484 g/mol. The van der Waals surface area contributed by atoms with E-state index in [2.05, 4.69) is 48.8 Å². The van der Waals surface area contributed by atoms with Gasteiger partial charge in [0, 0.05) is 25.7 Å². The van der Waals surface area contributed by atoms with Gasteiger partial charge in [0.05, 0.1) is 37.9 Å². The van der Waals surface area contributed by atoms with E-state index >= 15 is 0 Å². The van der Waals surface area contributed by atoms with Crippen LogP contribution < -0.4 is 10.6 Å². The van der Waals surface area contributed by atoms with Gasteiger partial charge in [-0.15, -0.1) is 5.06 Å². The Balaban J connectivity index is 1.54. The molecule has 0 radical (unpaired) electrons. The van der Waals surface area contributed by atoms with E-state index in [1.54, 1.807) is 24.5 Å². The quantitative estimate of drug-likeness (QED) is 0.162. The Bertz CT molecular complexity index is 996. The van der Waals surface area contributed by atoms with Crippen LogP contribution in [0.5, 0.6) is 0 Å². The molecule has 1 aliphatic heterocycles. The summed E-state index contributed by atoms with van der Waals surface area (Å²) in [6.07, 6.45) is 2.89. The Labute approximate surface area is 217 Å². The molecule has 0 saturated carbocycles. The summed E-state index contributed by atoms with van der Waals surface area (Å²) in [5, 5.41) is 22.2. The smallest absolute Gasteiger partial charge is 0.352 e. The molecule has 1 unspecified atom stereocenters. The van der Waals surface area contributed by atoms with Gasteiger partial charge in [0.1, 0.15) is 5.15 Å². The van der Waals surface area contributed by atoms with E-state index in [4.69, 9.17) is 11.6 Å². The van der Waals surface area contributed by atoms with E-state index in [1.165, 1.54) is 10.6 Å². The number of aryl methyl sites for hydroxylation is 2. The number of carbonyl (C=O) groups is 1. The summed E-state index contributed by atoms with van der Waals surface area (Å²) in [5.74, 6) is 0.620. The van der Waals surface area contributed by atoms with E-state index in [1.807, 2.05) is 20.9 Å². The van der Waals surface area contributed by atoms with Gasteiger partial charge in [0.25, 0.3) is 5.91 Å². The molecule has 3 N–H and O–H groups in total. The number of carbonyl (C=O) groups excluding carboxylic acids is 1. The zero-order chi connectivity index (χ0) is 25.5. The zero-order valence-electron chi connectivity index (χ0n) is 21.3. The number of aromatic nitrogens is 1. The molecule has 1 amide bonds. The standard InChI is InChI=1S/C25H37ClN6O2S/c1-17-14-22(26)29-19(3)23(17)24(33)28-10-6-18(2)31-11-7-21(8-12-31)32(25(27-4)30(5)34)15-20-9-13-35-16-20/h9,13-14,16,18,21,34H,6-8,10-12,15H2,1-5H3,(H,28,33)/p+1. The lowest BCUT2D eigenvalue weighted by molar-refractivity contribution is -0.593. The summed E-state index contributed by atoms with van der Waals surface area (Å²) < 4.78 is 2.27. The van der Waals surface area contributed by atoms with E-state index in [0.717, 1.165) is 44.5 Å². The van der Waals surface area contributed by atoms with Crippen molar-refractivity contribution in [3.05, 3.63) is 50.4 Å². The van der Waals surface area contributed by atoms with Gasteiger partial charge in [-0.1, -0.05) is 11.6 Å². The number of halogens is 1. The Morgan fingerprint density at radius 1 is 1.40 bits per heavy atom. The number of likely N-dealkylation sites (tertiary alicyclic amines) is 1. The summed E-state index contributed by atoms with van der Waals surface area (Å²) in [4.78, 5) is 19.4. The molecule has 1 aliphatic rings. The highest BCUT2D eigenvalue weighted by molar-refractivity contribution is 7.07. The predicted molar refractivity (Wildman–Crippen MR) is 142 cm³/mol. The maximum Gasteiger partial charge on any atom is 0.376 e. The monoisotopic (exact) mass is 521 g/mol. The number of hydroxylamine groups is 2. The molecule has 10 heteroatoms. The third kappa shape index (κ3) is 7.16. The molecule has 35 heavy (non-hydrogen) atoms. The molecule has 3 rings (SSSR count). The van der Waals surface area contributed by atoms with Gasteiger partial charge in [0.15, 0.2) is 0 Å². The van der Waals surface area contributed by atoms with Crippen LogP contribution >= 0.6 is 22.9 Å². The minimum absolute atomic E-state index is 0.0950. The first-order chi connectivity index (χ1) is 16.7. The topological polar surface area (TPSA) is 83.7 Å². The Morgan fingerprint density at radius 2 is 2.11 bits per heavy atom. The molecule has 1 fully saturated rings. The molecule has 1 atom stereocenters. The number of guanidine groups is 1. The number of nitrogens with zero attached hydrogens (tertiary/aromatic N) is 4. The maximum absolute atomic E-state index is 12.7. The van der Waals surface area contributed by atoms with Crippen LogP contribution in [0, 0.1) is 13.8 Å². The van der Waals surface area contributed by atoms with E-state index in [-0.39, 0.29) is 5.91 Å². The molecule has 2 aromatic heterocycles. The maximum atomic E-state index is 12.7. The van der Waals surface area contributed by atoms with Crippen LogP contribution in [0.3, 0.4) is 0 Å². The second-order valence-electron chi connectivity index (χ2n) is 9.24. The molecule has 0 aromatic carbocycles. The van der Waals surface area contributed by atoms with Crippen molar-refractivity contribution in [1.82, 2.24) is 25.6 Å². The Morgan fingerprint density at radius 3 is 2.69 bits per heavy atom. The van der Waals surface area contributed by atoms with E-state index in [0.29, 0.717) is 41.0 Å². The highest BCUT2D eigenvalue weighted by Gasteiger charge is 2.30. The minimum atomic E-state index is -0.0950. The van der Waals surface area contributed by atoms with Crippen molar-refractivity contribution in [3.63, 3.8) is 0 Å². The van der Waals surface area contributed by atoms with Crippen molar-refractivity contribution in [3.8, 4) is 0 Å². The molecule has 2 aromatic rings. The predicted octanol–water partition coefficient (Wildman–Crippen LogP) is 3.50. The Kier molecular flexibility index (Phi) is 9.91. The second kappa shape index (κ2) is 12.7. The van der Waals surface area contributed by atoms with Crippen molar-refractivity contribution >= 4 is 34.8 Å². The fraction of sp³-hybridized carbons (Fsp3) is 0.560. The normalized spacial score (nSPS) is 16.5. The lowest BCUT2D eigenvalue weighted by Crippen LogP contribution is -2.50. The van der Waals surface area contributed by atoms with Gasteiger partial charge in [-0.2, -0.15) is 11.3 Å². The third-order valence-corrected chi connectivity index (χ3v) is 7.67. The fourth-order valence-corrected chi connectivity index (χ4v) is 5.83. The molecule has 8 nitrogen and oxygen atoms in total. The minimum Gasteiger partial charge on any atom is -0.352 e. The third-order valence-electron chi connectivity index (χ3n) is 6.74. The summed E-state index contributed by atoms with van der Waals surface area (Å²) >= 11 is 7.68. The van der Waals surface area contributed by atoms with Crippen molar-refractivity contribution in [1.29, 1.82) is 0 Å². The summed E-state index contributed by atoms with van der Waals surface area (Å²) in [6, 6.07) is 4.55. The van der Waals surface area contributed by atoms with Crippen LogP contribution in [0.15, 0.2) is 22.9 Å². The van der Waals surface area contributed by atoms with Crippen LogP contribution in [-0.4, -0.2) is 82.4 Å². The van der Waals surface area contributed by atoms with Gasteiger partial charge < -0.3 is 10.2 Å². The highest BCUT2D eigenvalue weighted by Crippen LogP contribution is 2.20. The van der Waals surface area contributed by atoms with Crippen LogP contribution in [0.2, 0.25) is 5.15 Å². The lowest BCUT2D eigenvalue weighted by atomic mass is 10.0. The molecule has 0 bridgehead atoms. The van der Waals surface area contributed by atoms with Gasteiger partial charge in [0.2, 0.25) is 0 Å². The molecule has 192 valence electrons. The first-order valence-corrected chi connectivity index (χ1v) is 13.4. The number of hydrogen-bond donors (Lipinski definition) is 3.